The second-order valence-electron chi connectivity index (χ2n) is 8.22. The molecule has 0 radical (unpaired) electrons. The zero-order valence-corrected chi connectivity index (χ0v) is 18.2. The maximum Gasteiger partial charge on any atom is 0.330 e. The van der Waals surface area contributed by atoms with Gasteiger partial charge >= 0.3 is 5.69 Å². The van der Waals surface area contributed by atoms with Gasteiger partial charge in [-0.3, -0.25) is 13.7 Å². The van der Waals surface area contributed by atoms with Gasteiger partial charge in [-0.05, 0) is 54.3 Å². The summed E-state index contributed by atoms with van der Waals surface area (Å²) in [5, 5.41) is 11.0. The van der Waals surface area contributed by atoms with Crippen molar-refractivity contribution in [1.29, 1.82) is 0 Å². The second kappa shape index (κ2) is 7.23. The summed E-state index contributed by atoms with van der Waals surface area (Å²) in [5.74, 6) is -0.0832. The van der Waals surface area contributed by atoms with Crippen LogP contribution in [0.2, 0.25) is 5.02 Å². The number of fused-ring (bicyclic) bond motifs is 3. The van der Waals surface area contributed by atoms with Crippen molar-refractivity contribution in [3.05, 3.63) is 81.4 Å². The summed E-state index contributed by atoms with van der Waals surface area (Å²) in [5.41, 5.74) is 3.37. The van der Waals surface area contributed by atoms with Gasteiger partial charge in [0.25, 0.3) is 0 Å². The first-order chi connectivity index (χ1) is 15.9. The fourth-order valence-corrected chi connectivity index (χ4v) is 4.86. The van der Waals surface area contributed by atoms with Gasteiger partial charge in [0.2, 0.25) is 5.95 Å². The van der Waals surface area contributed by atoms with Gasteiger partial charge in [0.05, 0.1) is 29.4 Å². The van der Waals surface area contributed by atoms with Crippen LogP contribution in [-0.2, 0) is 7.05 Å². The van der Waals surface area contributed by atoms with Gasteiger partial charge in [-0.2, -0.15) is 4.98 Å². The molecule has 0 aliphatic heterocycles. The molecule has 0 saturated carbocycles. The number of benzene rings is 2. The number of rotatable bonds is 2. The average Bonchev–Trinajstić information content (AvgIpc) is 3.32. The van der Waals surface area contributed by atoms with Gasteiger partial charge < -0.3 is 5.11 Å². The van der Waals surface area contributed by atoms with Gasteiger partial charge in [-0.25, -0.2) is 19.2 Å². The first kappa shape index (κ1) is 20.1. The summed E-state index contributed by atoms with van der Waals surface area (Å²) >= 11 is 6.17. The number of aryl methyl sites for hydroxylation is 1. The minimum atomic E-state index is -0.699. The molecule has 3 aromatic heterocycles. The average molecular weight is 465 g/mol. The second-order valence-corrected chi connectivity index (χ2v) is 8.66. The predicted octanol–water partition coefficient (Wildman–Crippen LogP) is 3.68. The van der Waals surface area contributed by atoms with Gasteiger partial charge in [0.15, 0.2) is 5.65 Å². The van der Waals surface area contributed by atoms with Crippen molar-refractivity contribution in [2.45, 2.75) is 25.0 Å². The Hall–Kier alpha value is -3.56. The van der Waals surface area contributed by atoms with Crippen molar-refractivity contribution < 1.29 is 9.50 Å². The van der Waals surface area contributed by atoms with Crippen molar-refractivity contribution in [2.75, 3.05) is 0 Å². The Labute approximate surface area is 191 Å². The molecule has 0 fully saturated rings. The van der Waals surface area contributed by atoms with Gasteiger partial charge in [-0.15, -0.1) is 0 Å². The number of nitrogens with zero attached hydrogens (tertiary/aromatic N) is 6. The minimum absolute atomic E-state index is 0.286. The SMILES string of the molecule is Cn1c(=O)n(C2CCC(O)c3ccc(F)cc32)c2nc(-n3cnc4ccc(Cl)cc43)ncc21. The van der Waals surface area contributed by atoms with E-state index in [-0.39, 0.29) is 5.69 Å². The topological polar surface area (TPSA) is 90.8 Å². The van der Waals surface area contributed by atoms with E-state index in [9.17, 15) is 14.3 Å². The van der Waals surface area contributed by atoms with Crippen LogP contribution < -0.4 is 5.69 Å². The standard InChI is InChI=1S/C23H18ClFN6O2/c1-29-19-10-26-22(30-11-27-16-5-2-12(24)8-18(16)30)28-21(19)31(23(29)33)17-6-7-20(32)14-4-3-13(25)9-15(14)17/h2-5,8-11,17,20,32H,6-7H2,1H3. The summed E-state index contributed by atoms with van der Waals surface area (Å²) in [6.07, 6.45) is 3.43. The van der Waals surface area contributed by atoms with Crippen LogP contribution in [0.4, 0.5) is 4.39 Å². The predicted molar refractivity (Wildman–Crippen MR) is 121 cm³/mol. The van der Waals surface area contributed by atoms with Crippen LogP contribution in [0.5, 0.6) is 0 Å². The largest absolute Gasteiger partial charge is 0.388 e. The molecule has 1 N–H and O–H groups in total. The third-order valence-corrected chi connectivity index (χ3v) is 6.57. The lowest BCUT2D eigenvalue weighted by Gasteiger charge is -2.29. The summed E-state index contributed by atoms with van der Waals surface area (Å²) in [6, 6.07) is 9.17. The maximum atomic E-state index is 14.1. The van der Waals surface area contributed by atoms with E-state index in [0.29, 0.717) is 46.1 Å². The highest BCUT2D eigenvalue weighted by atomic mass is 35.5. The lowest BCUT2D eigenvalue weighted by Crippen LogP contribution is -2.30. The van der Waals surface area contributed by atoms with Crippen LogP contribution >= 0.6 is 11.6 Å². The molecule has 2 atom stereocenters. The Morgan fingerprint density at radius 3 is 2.79 bits per heavy atom. The summed E-state index contributed by atoms with van der Waals surface area (Å²) in [7, 11) is 1.65. The van der Waals surface area contributed by atoms with E-state index in [2.05, 4.69) is 9.97 Å². The van der Waals surface area contributed by atoms with E-state index in [1.54, 1.807) is 46.9 Å². The normalized spacial score (nSPS) is 18.2. The van der Waals surface area contributed by atoms with E-state index in [0.717, 1.165) is 11.0 Å². The van der Waals surface area contributed by atoms with Crippen molar-refractivity contribution in [3.63, 3.8) is 0 Å². The lowest BCUT2D eigenvalue weighted by molar-refractivity contribution is 0.147. The lowest BCUT2D eigenvalue weighted by atomic mass is 9.85. The van der Waals surface area contributed by atoms with Gasteiger partial charge in [0, 0.05) is 12.1 Å². The molecular weight excluding hydrogens is 447 g/mol. The molecular formula is C23H18ClFN6O2. The van der Waals surface area contributed by atoms with Crippen LogP contribution in [0.1, 0.15) is 36.1 Å². The van der Waals surface area contributed by atoms with Crippen molar-refractivity contribution in [1.82, 2.24) is 28.7 Å². The van der Waals surface area contributed by atoms with Crippen LogP contribution in [0.25, 0.3) is 28.1 Å². The number of imidazole rings is 2. The molecule has 5 aromatic rings. The van der Waals surface area contributed by atoms with Crippen LogP contribution in [0.15, 0.2) is 53.7 Å². The van der Waals surface area contributed by atoms with Gasteiger partial charge in [-0.1, -0.05) is 17.7 Å². The van der Waals surface area contributed by atoms with E-state index in [1.807, 2.05) is 6.07 Å². The molecule has 0 bridgehead atoms. The first-order valence-corrected chi connectivity index (χ1v) is 10.8. The Bertz CT molecular complexity index is 1620. The number of hydrogen-bond donors (Lipinski definition) is 1. The zero-order chi connectivity index (χ0) is 22.9. The molecule has 3 heterocycles. The van der Waals surface area contributed by atoms with E-state index >= 15 is 0 Å². The minimum Gasteiger partial charge on any atom is -0.388 e. The first-order valence-electron chi connectivity index (χ1n) is 10.5. The fourth-order valence-electron chi connectivity index (χ4n) is 4.70. The molecule has 0 spiro atoms. The summed E-state index contributed by atoms with van der Waals surface area (Å²) < 4.78 is 18.9. The Kier molecular flexibility index (Phi) is 4.40. The monoisotopic (exact) mass is 464 g/mol. The highest BCUT2D eigenvalue weighted by molar-refractivity contribution is 6.31. The Balaban J connectivity index is 1.59. The molecule has 33 heavy (non-hydrogen) atoms. The van der Waals surface area contributed by atoms with Crippen molar-refractivity contribution >= 4 is 33.8 Å². The van der Waals surface area contributed by atoms with E-state index in [1.165, 1.54) is 16.7 Å². The number of aliphatic hydroxyl groups excluding tert-OH is 1. The fraction of sp³-hybridized carbons (Fsp3) is 0.217. The van der Waals surface area contributed by atoms with Crippen LogP contribution in [-0.4, -0.2) is 33.8 Å². The zero-order valence-electron chi connectivity index (χ0n) is 17.5. The number of hydrogen-bond acceptors (Lipinski definition) is 5. The molecule has 1 aliphatic rings. The number of aromatic nitrogens is 6. The van der Waals surface area contributed by atoms with Crippen LogP contribution in [0, 0.1) is 5.82 Å². The Morgan fingerprint density at radius 2 is 1.94 bits per heavy atom. The third kappa shape index (κ3) is 3.00. The highest BCUT2D eigenvalue weighted by Crippen LogP contribution is 2.39. The molecule has 0 amide bonds. The molecule has 2 aromatic carbocycles. The maximum absolute atomic E-state index is 14.1. The molecule has 8 nitrogen and oxygen atoms in total. The van der Waals surface area contributed by atoms with E-state index in [4.69, 9.17) is 16.6 Å². The molecule has 166 valence electrons. The summed E-state index contributed by atoms with van der Waals surface area (Å²) in [6.45, 7) is 0. The number of halogens is 2. The van der Waals surface area contributed by atoms with Crippen LogP contribution in [0.3, 0.4) is 0 Å². The quantitative estimate of drug-likeness (QED) is 0.430. The third-order valence-electron chi connectivity index (χ3n) is 6.34. The summed E-state index contributed by atoms with van der Waals surface area (Å²) in [4.78, 5) is 26.8. The van der Waals surface area contributed by atoms with E-state index < -0.39 is 18.0 Å². The molecule has 1 aliphatic carbocycles. The molecule has 0 saturated heterocycles. The molecule has 10 heteroatoms. The smallest absolute Gasteiger partial charge is 0.330 e. The van der Waals surface area contributed by atoms with Crippen molar-refractivity contribution in [2.24, 2.45) is 7.05 Å². The van der Waals surface area contributed by atoms with Gasteiger partial charge in [0.1, 0.15) is 17.7 Å². The van der Waals surface area contributed by atoms with Crippen molar-refractivity contribution in [3.8, 4) is 5.95 Å². The highest BCUT2D eigenvalue weighted by Gasteiger charge is 2.31. The Morgan fingerprint density at radius 1 is 1.09 bits per heavy atom. The number of aliphatic hydroxyl groups is 1. The molecule has 6 rings (SSSR count). The molecule has 2 unspecified atom stereocenters.